The molecule has 6 heteroatoms. The van der Waals surface area contributed by atoms with E-state index in [9.17, 15) is 9.59 Å². The Bertz CT molecular complexity index is 335. The minimum Gasteiger partial charge on any atom is -0.481 e. The van der Waals surface area contributed by atoms with Crippen LogP contribution in [0, 0.1) is 5.92 Å². The van der Waals surface area contributed by atoms with Crippen LogP contribution in [0.5, 0.6) is 0 Å². The van der Waals surface area contributed by atoms with Gasteiger partial charge < -0.3 is 14.8 Å². The van der Waals surface area contributed by atoms with Crippen molar-refractivity contribution in [3.63, 3.8) is 0 Å². The van der Waals surface area contributed by atoms with Crippen molar-refractivity contribution in [3.05, 3.63) is 0 Å². The highest BCUT2D eigenvalue weighted by atomic mass is 28.4. The molecular formula is C11H21NO4Si. The van der Waals surface area contributed by atoms with Gasteiger partial charge in [-0.25, -0.2) is 0 Å². The normalized spacial score (nSPS) is 25.1. The van der Waals surface area contributed by atoms with Gasteiger partial charge in [-0.3, -0.25) is 9.59 Å². The van der Waals surface area contributed by atoms with Crippen LogP contribution in [-0.4, -0.2) is 36.9 Å². The van der Waals surface area contributed by atoms with E-state index in [1.807, 2.05) is 13.8 Å². The van der Waals surface area contributed by atoms with Gasteiger partial charge >= 0.3 is 5.97 Å². The summed E-state index contributed by atoms with van der Waals surface area (Å²) in [5, 5.41) is 11.4. The van der Waals surface area contributed by atoms with Crippen molar-refractivity contribution in [3.8, 4) is 0 Å². The lowest BCUT2D eigenvalue weighted by Gasteiger charge is -2.47. The quantitative estimate of drug-likeness (QED) is 0.575. The Morgan fingerprint density at radius 2 is 2.00 bits per heavy atom. The SMILES string of the molecule is CC(C)(O[Si](C)(C)C)[C@H]1C(=O)N[C@H]1CC(=O)O. The summed E-state index contributed by atoms with van der Waals surface area (Å²) >= 11 is 0. The number of carboxylic acids is 1. The van der Waals surface area contributed by atoms with Crippen LogP contribution in [0.4, 0.5) is 0 Å². The predicted molar refractivity (Wildman–Crippen MR) is 66.2 cm³/mol. The highest BCUT2D eigenvalue weighted by Gasteiger charge is 2.51. The summed E-state index contributed by atoms with van der Waals surface area (Å²) in [5.41, 5.74) is -0.604. The zero-order chi connectivity index (χ0) is 13.4. The topological polar surface area (TPSA) is 75.6 Å². The van der Waals surface area contributed by atoms with Gasteiger partial charge in [-0.05, 0) is 33.5 Å². The first-order valence-electron chi connectivity index (χ1n) is 5.75. The van der Waals surface area contributed by atoms with Gasteiger partial charge in [0.15, 0.2) is 8.32 Å². The summed E-state index contributed by atoms with van der Waals surface area (Å²) in [6.07, 6.45) is -0.0467. The van der Waals surface area contributed by atoms with Crippen molar-refractivity contribution < 1.29 is 19.1 Å². The van der Waals surface area contributed by atoms with Crippen LogP contribution in [-0.2, 0) is 14.0 Å². The van der Waals surface area contributed by atoms with Gasteiger partial charge in [-0.15, -0.1) is 0 Å². The smallest absolute Gasteiger partial charge is 0.305 e. The maximum absolute atomic E-state index is 11.6. The van der Waals surface area contributed by atoms with Gasteiger partial charge in [0.2, 0.25) is 5.91 Å². The highest BCUT2D eigenvalue weighted by molar-refractivity contribution is 6.69. The number of nitrogens with one attached hydrogen (secondary N) is 1. The third-order valence-corrected chi connectivity index (χ3v) is 3.86. The van der Waals surface area contributed by atoms with Gasteiger partial charge in [0.1, 0.15) is 0 Å². The Morgan fingerprint density at radius 1 is 1.47 bits per heavy atom. The zero-order valence-corrected chi connectivity index (χ0v) is 12.0. The molecule has 0 spiro atoms. The second-order valence-electron chi connectivity index (χ2n) is 6.01. The lowest BCUT2D eigenvalue weighted by atomic mass is 9.77. The van der Waals surface area contributed by atoms with Gasteiger partial charge in [-0.2, -0.15) is 0 Å². The number of amides is 1. The van der Waals surface area contributed by atoms with Crippen LogP contribution >= 0.6 is 0 Å². The lowest BCUT2D eigenvalue weighted by Crippen LogP contribution is -2.67. The van der Waals surface area contributed by atoms with Crippen molar-refractivity contribution in [2.75, 3.05) is 0 Å². The molecular weight excluding hydrogens is 238 g/mol. The van der Waals surface area contributed by atoms with Crippen molar-refractivity contribution in [1.82, 2.24) is 5.32 Å². The molecule has 1 fully saturated rings. The Kier molecular flexibility index (Phi) is 3.68. The second kappa shape index (κ2) is 4.42. The van der Waals surface area contributed by atoms with E-state index in [-0.39, 0.29) is 24.3 Å². The van der Waals surface area contributed by atoms with Crippen LogP contribution < -0.4 is 5.32 Å². The van der Waals surface area contributed by atoms with Crippen LogP contribution in [0.2, 0.25) is 19.6 Å². The van der Waals surface area contributed by atoms with E-state index in [0.717, 1.165) is 0 Å². The summed E-state index contributed by atoms with van der Waals surface area (Å²) in [5.74, 6) is -1.38. The summed E-state index contributed by atoms with van der Waals surface area (Å²) in [4.78, 5) is 22.3. The fourth-order valence-electron chi connectivity index (χ4n) is 2.45. The van der Waals surface area contributed by atoms with Crippen molar-refractivity contribution >= 4 is 20.2 Å². The Labute approximate surface area is 103 Å². The molecule has 0 bridgehead atoms. The molecule has 5 nitrogen and oxygen atoms in total. The van der Waals surface area contributed by atoms with Crippen LogP contribution in [0.1, 0.15) is 20.3 Å². The first kappa shape index (κ1) is 14.2. The van der Waals surface area contributed by atoms with E-state index in [4.69, 9.17) is 9.53 Å². The molecule has 0 aliphatic carbocycles. The molecule has 2 N–H and O–H groups in total. The molecule has 1 rings (SSSR count). The van der Waals surface area contributed by atoms with E-state index in [0.29, 0.717) is 0 Å². The van der Waals surface area contributed by atoms with Crippen molar-refractivity contribution in [2.45, 2.75) is 51.6 Å². The summed E-state index contributed by atoms with van der Waals surface area (Å²) in [7, 11) is -1.76. The maximum atomic E-state index is 11.6. The molecule has 0 aromatic carbocycles. The van der Waals surface area contributed by atoms with Gasteiger partial charge in [0.05, 0.1) is 24.0 Å². The number of β-lactam (4-membered cyclic amide) rings is 1. The summed E-state index contributed by atoms with van der Waals surface area (Å²) in [6, 6.07) is -0.314. The molecule has 1 heterocycles. The fraction of sp³-hybridized carbons (Fsp3) is 0.818. The van der Waals surface area contributed by atoms with E-state index < -0.39 is 19.9 Å². The number of hydrogen-bond donors (Lipinski definition) is 2. The zero-order valence-electron chi connectivity index (χ0n) is 11.0. The Morgan fingerprint density at radius 3 is 2.35 bits per heavy atom. The maximum Gasteiger partial charge on any atom is 0.305 e. The molecule has 1 amide bonds. The highest BCUT2D eigenvalue weighted by Crippen LogP contribution is 2.34. The number of aliphatic carboxylic acids is 1. The number of hydrogen-bond acceptors (Lipinski definition) is 3. The van der Waals surface area contributed by atoms with E-state index in [2.05, 4.69) is 25.0 Å². The molecule has 0 radical (unpaired) electrons. The molecule has 17 heavy (non-hydrogen) atoms. The van der Waals surface area contributed by atoms with Crippen LogP contribution in [0.15, 0.2) is 0 Å². The average molecular weight is 259 g/mol. The third-order valence-electron chi connectivity index (χ3n) is 2.73. The molecule has 0 saturated carbocycles. The second-order valence-corrected chi connectivity index (χ2v) is 10.4. The van der Waals surface area contributed by atoms with Gasteiger partial charge in [0.25, 0.3) is 0 Å². The van der Waals surface area contributed by atoms with Crippen LogP contribution in [0.25, 0.3) is 0 Å². The number of rotatable bonds is 5. The molecule has 1 aliphatic heterocycles. The van der Waals surface area contributed by atoms with Crippen LogP contribution in [0.3, 0.4) is 0 Å². The minimum absolute atomic E-state index is 0.0467. The first-order chi connectivity index (χ1) is 7.53. The molecule has 0 unspecified atom stereocenters. The molecule has 98 valence electrons. The number of carbonyl (C=O) groups is 2. The van der Waals surface area contributed by atoms with Gasteiger partial charge in [0, 0.05) is 0 Å². The Balaban J connectivity index is 2.75. The largest absolute Gasteiger partial charge is 0.481 e. The fourth-order valence-corrected chi connectivity index (χ4v) is 4.16. The molecule has 1 aliphatic rings. The van der Waals surface area contributed by atoms with Crippen molar-refractivity contribution in [2.24, 2.45) is 5.92 Å². The molecule has 0 aromatic rings. The van der Waals surface area contributed by atoms with Crippen molar-refractivity contribution in [1.29, 1.82) is 0 Å². The summed E-state index contributed by atoms with van der Waals surface area (Å²) < 4.78 is 6.00. The third kappa shape index (κ3) is 3.54. The molecule has 1 saturated heterocycles. The minimum atomic E-state index is -1.76. The molecule has 0 aromatic heterocycles. The number of carbonyl (C=O) groups excluding carboxylic acids is 1. The number of carboxylic acid groups (broad SMARTS) is 1. The predicted octanol–water partition coefficient (Wildman–Crippen LogP) is 1.21. The van der Waals surface area contributed by atoms with E-state index >= 15 is 0 Å². The first-order valence-corrected chi connectivity index (χ1v) is 9.16. The van der Waals surface area contributed by atoms with E-state index in [1.54, 1.807) is 0 Å². The van der Waals surface area contributed by atoms with E-state index in [1.165, 1.54) is 0 Å². The monoisotopic (exact) mass is 259 g/mol. The standard InChI is InChI=1S/C11H21NO4Si/c1-11(2,16-17(3,4)5)9-7(6-8(13)14)12-10(9)15/h7,9H,6H2,1-5H3,(H,12,15)(H,13,14)/t7-,9+/m0/s1. The molecule has 2 atom stereocenters. The Hall–Kier alpha value is -0.883. The summed E-state index contributed by atoms with van der Waals surface area (Å²) in [6.45, 7) is 9.89. The van der Waals surface area contributed by atoms with Gasteiger partial charge in [-0.1, -0.05) is 0 Å². The lowest BCUT2D eigenvalue weighted by molar-refractivity contribution is -0.150. The average Bonchev–Trinajstić information content (AvgIpc) is 1.94.